The van der Waals surface area contributed by atoms with Crippen LogP contribution in [0.3, 0.4) is 0 Å². The lowest BCUT2D eigenvalue weighted by atomic mass is 10.1. The van der Waals surface area contributed by atoms with Crippen LogP contribution in [0.2, 0.25) is 0 Å². The summed E-state index contributed by atoms with van der Waals surface area (Å²) in [6, 6.07) is -0.455. The number of hydrogen-bond donors (Lipinski definition) is 1. The van der Waals surface area contributed by atoms with Gasteiger partial charge in [-0.3, -0.25) is 9.59 Å². The summed E-state index contributed by atoms with van der Waals surface area (Å²) in [5, 5.41) is 10.2. The first kappa shape index (κ1) is 13.3. The Balaban J connectivity index is 2.48. The van der Waals surface area contributed by atoms with E-state index in [1.54, 1.807) is 6.92 Å². The Bertz CT molecular complexity index is 387. The van der Waals surface area contributed by atoms with Crippen LogP contribution >= 0.6 is 0 Å². The van der Waals surface area contributed by atoms with Gasteiger partial charge < -0.3 is 5.32 Å². The number of hydrogen-bond acceptors (Lipinski definition) is 4. The van der Waals surface area contributed by atoms with Gasteiger partial charge >= 0.3 is 0 Å². The Morgan fingerprint density at radius 3 is 2.76 bits per heavy atom. The zero-order valence-electron chi connectivity index (χ0n) is 10.4. The van der Waals surface area contributed by atoms with E-state index < -0.39 is 6.04 Å². The van der Waals surface area contributed by atoms with E-state index in [1.165, 1.54) is 10.9 Å². The van der Waals surface area contributed by atoms with Gasteiger partial charge in [0.15, 0.2) is 6.29 Å². The normalized spacial score (nSPS) is 12.5. The molecule has 1 unspecified atom stereocenters. The number of aromatic nitrogens is 3. The second-order valence-electron chi connectivity index (χ2n) is 4.39. The van der Waals surface area contributed by atoms with Crippen molar-refractivity contribution in [2.45, 2.75) is 33.2 Å². The third-order valence-corrected chi connectivity index (χ3v) is 2.45. The Labute approximate surface area is 100 Å². The van der Waals surface area contributed by atoms with Crippen LogP contribution in [0.15, 0.2) is 6.20 Å². The SMILES string of the molecule is CC(C)CCNC(=O)C(C)n1cc(C=O)nn1. The molecule has 0 bridgehead atoms. The van der Waals surface area contributed by atoms with E-state index in [0.29, 0.717) is 18.7 Å². The summed E-state index contributed by atoms with van der Waals surface area (Å²) in [6.07, 6.45) is 3.00. The highest BCUT2D eigenvalue weighted by Crippen LogP contribution is 2.04. The zero-order valence-corrected chi connectivity index (χ0v) is 10.4. The molecule has 0 saturated heterocycles. The summed E-state index contributed by atoms with van der Waals surface area (Å²) in [4.78, 5) is 22.2. The van der Waals surface area contributed by atoms with Crippen molar-refractivity contribution >= 4 is 12.2 Å². The highest BCUT2D eigenvalue weighted by atomic mass is 16.2. The largest absolute Gasteiger partial charge is 0.354 e. The van der Waals surface area contributed by atoms with Crippen molar-refractivity contribution in [1.29, 1.82) is 0 Å². The second-order valence-corrected chi connectivity index (χ2v) is 4.39. The fraction of sp³-hybridized carbons (Fsp3) is 0.636. The third kappa shape index (κ3) is 3.97. The molecule has 0 spiro atoms. The Kier molecular flexibility index (Phi) is 4.81. The van der Waals surface area contributed by atoms with E-state index in [-0.39, 0.29) is 11.6 Å². The quantitative estimate of drug-likeness (QED) is 0.744. The predicted molar refractivity (Wildman–Crippen MR) is 62.6 cm³/mol. The molecular formula is C11H18N4O2. The maximum Gasteiger partial charge on any atom is 0.244 e. The number of rotatable bonds is 6. The fourth-order valence-corrected chi connectivity index (χ4v) is 1.29. The number of carbonyl (C=O) groups excluding carboxylic acids is 2. The van der Waals surface area contributed by atoms with Gasteiger partial charge in [0.2, 0.25) is 5.91 Å². The molecule has 1 atom stereocenters. The zero-order chi connectivity index (χ0) is 12.8. The molecule has 1 heterocycles. The minimum absolute atomic E-state index is 0.118. The molecule has 6 nitrogen and oxygen atoms in total. The molecule has 1 amide bonds. The van der Waals surface area contributed by atoms with Gasteiger partial charge in [0.25, 0.3) is 0 Å². The lowest BCUT2D eigenvalue weighted by molar-refractivity contribution is -0.124. The number of nitrogens with zero attached hydrogens (tertiary/aromatic N) is 3. The van der Waals surface area contributed by atoms with E-state index in [2.05, 4.69) is 29.5 Å². The molecule has 0 aliphatic carbocycles. The van der Waals surface area contributed by atoms with Crippen molar-refractivity contribution in [3.8, 4) is 0 Å². The van der Waals surface area contributed by atoms with Gasteiger partial charge in [-0.25, -0.2) is 4.68 Å². The molecule has 1 aromatic heterocycles. The monoisotopic (exact) mass is 238 g/mol. The predicted octanol–water partition coefficient (Wildman–Crippen LogP) is 0.814. The summed E-state index contributed by atoms with van der Waals surface area (Å²) < 4.78 is 1.38. The van der Waals surface area contributed by atoms with Crippen molar-refractivity contribution in [1.82, 2.24) is 20.3 Å². The molecule has 1 rings (SSSR count). The highest BCUT2D eigenvalue weighted by molar-refractivity contribution is 5.80. The number of amides is 1. The lowest BCUT2D eigenvalue weighted by Gasteiger charge is -2.12. The summed E-state index contributed by atoms with van der Waals surface area (Å²) in [6.45, 7) is 6.57. The molecule has 1 N–H and O–H groups in total. The van der Waals surface area contributed by atoms with E-state index in [0.717, 1.165) is 6.42 Å². The lowest BCUT2D eigenvalue weighted by Crippen LogP contribution is -2.32. The van der Waals surface area contributed by atoms with Gasteiger partial charge in [-0.1, -0.05) is 19.1 Å². The molecule has 0 aromatic carbocycles. The van der Waals surface area contributed by atoms with Gasteiger partial charge in [-0.15, -0.1) is 5.10 Å². The van der Waals surface area contributed by atoms with Crippen molar-refractivity contribution < 1.29 is 9.59 Å². The molecule has 0 aliphatic rings. The van der Waals surface area contributed by atoms with Crippen LogP contribution < -0.4 is 5.32 Å². The van der Waals surface area contributed by atoms with Crippen LogP contribution in [0, 0.1) is 5.92 Å². The minimum Gasteiger partial charge on any atom is -0.354 e. The average Bonchev–Trinajstić information content (AvgIpc) is 2.75. The molecule has 94 valence electrons. The summed E-state index contributed by atoms with van der Waals surface area (Å²) in [5.74, 6) is 0.437. The molecule has 0 saturated carbocycles. The first-order valence-electron chi connectivity index (χ1n) is 5.69. The van der Waals surface area contributed by atoms with Crippen LogP contribution in [0.1, 0.15) is 43.7 Å². The smallest absolute Gasteiger partial charge is 0.244 e. The Morgan fingerprint density at radius 2 is 2.24 bits per heavy atom. The standard InChI is InChI=1S/C11H18N4O2/c1-8(2)4-5-12-11(17)9(3)15-6-10(7-16)13-14-15/h6-9H,4-5H2,1-3H3,(H,12,17). The molecular weight excluding hydrogens is 220 g/mol. The summed E-state index contributed by atoms with van der Waals surface area (Å²) in [7, 11) is 0. The van der Waals surface area contributed by atoms with E-state index in [9.17, 15) is 9.59 Å². The molecule has 6 heteroatoms. The van der Waals surface area contributed by atoms with Crippen LogP contribution in [-0.4, -0.2) is 33.7 Å². The van der Waals surface area contributed by atoms with Gasteiger partial charge in [0.05, 0.1) is 6.20 Å². The molecule has 17 heavy (non-hydrogen) atoms. The van der Waals surface area contributed by atoms with Crippen LogP contribution in [0.25, 0.3) is 0 Å². The molecule has 0 fully saturated rings. The molecule has 1 aromatic rings. The summed E-state index contributed by atoms with van der Waals surface area (Å²) in [5.41, 5.74) is 0.229. The van der Waals surface area contributed by atoms with E-state index in [4.69, 9.17) is 0 Å². The van der Waals surface area contributed by atoms with Gasteiger partial charge in [0.1, 0.15) is 11.7 Å². The first-order valence-corrected chi connectivity index (χ1v) is 5.69. The van der Waals surface area contributed by atoms with E-state index >= 15 is 0 Å². The van der Waals surface area contributed by atoms with Gasteiger partial charge in [-0.2, -0.15) is 0 Å². The number of nitrogens with one attached hydrogen (secondary N) is 1. The highest BCUT2D eigenvalue weighted by Gasteiger charge is 2.16. The molecule has 0 aliphatic heterocycles. The van der Waals surface area contributed by atoms with Gasteiger partial charge in [-0.05, 0) is 19.3 Å². The Hall–Kier alpha value is -1.72. The van der Waals surface area contributed by atoms with Crippen molar-refractivity contribution in [3.63, 3.8) is 0 Å². The summed E-state index contributed by atoms with van der Waals surface area (Å²) >= 11 is 0. The average molecular weight is 238 g/mol. The molecule has 0 radical (unpaired) electrons. The fourth-order valence-electron chi connectivity index (χ4n) is 1.29. The number of carbonyl (C=O) groups is 2. The van der Waals surface area contributed by atoms with Crippen molar-refractivity contribution in [2.75, 3.05) is 6.54 Å². The third-order valence-electron chi connectivity index (χ3n) is 2.45. The maximum atomic E-state index is 11.7. The topological polar surface area (TPSA) is 76.9 Å². The van der Waals surface area contributed by atoms with Crippen LogP contribution in [0.5, 0.6) is 0 Å². The Morgan fingerprint density at radius 1 is 1.53 bits per heavy atom. The van der Waals surface area contributed by atoms with Crippen molar-refractivity contribution in [3.05, 3.63) is 11.9 Å². The minimum atomic E-state index is -0.455. The van der Waals surface area contributed by atoms with Crippen molar-refractivity contribution in [2.24, 2.45) is 5.92 Å². The van der Waals surface area contributed by atoms with Crippen LogP contribution in [-0.2, 0) is 4.79 Å². The second kappa shape index (κ2) is 6.12. The van der Waals surface area contributed by atoms with Gasteiger partial charge in [0, 0.05) is 6.54 Å². The van der Waals surface area contributed by atoms with Crippen LogP contribution in [0.4, 0.5) is 0 Å². The maximum absolute atomic E-state index is 11.7. The first-order chi connectivity index (χ1) is 8.04. The van der Waals surface area contributed by atoms with E-state index in [1.807, 2.05) is 0 Å². The number of aldehydes is 1.